The zero-order chi connectivity index (χ0) is 16.4. The van der Waals surface area contributed by atoms with Crippen molar-refractivity contribution >= 4 is 17.3 Å². The number of carboxylic acid groups (broad SMARTS) is 1. The van der Waals surface area contributed by atoms with Crippen LogP contribution in [0.5, 0.6) is 5.88 Å². The second-order valence-corrected chi connectivity index (χ2v) is 4.94. The number of rotatable bonds is 5. The van der Waals surface area contributed by atoms with E-state index in [0.717, 1.165) is 5.56 Å². The minimum absolute atomic E-state index is 0.121. The van der Waals surface area contributed by atoms with Crippen molar-refractivity contribution in [3.63, 3.8) is 0 Å². The average molecular weight is 313 g/mol. The van der Waals surface area contributed by atoms with Crippen LogP contribution >= 0.6 is 0 Å². The highest BCUT2D eigenvalue weighted by Gasteiger charge is 2.15. The van der Waals surface area contributed by atoms with Crippen LogP contribution in [0, 0.1) is 0 Å². The molecule has 0 saturated carbocycles. The molecule has 23 heavy (non-hydrogen) atoms. The zero-order valence-corrected chi connectivity index (χ0v) is 12.6. The maximum Gasteiger partial charge on any atom is 0.339 e. The highest BCUT2D eigenvalue weighted by molar-refractivity contribution is 5.95. The van der Waals surface area contributed by atoms with Crippen molar-refractivity contribution in [2.45, 2.75) is 13.0 Å². The van der Waals surface area contributed by atoms with E-state index < -0.39 is 5.97 Å². The number of methoxy groups -OCH3 is 1. The number of carbonyl (C=O) groups is 1. The summed E-state index contributed by atoms with van der Waals surface area (Å²) in [5.41, 5.74) is 1.48. The molecule has 0 bridgehead atoms. The Hall–Kier alpha value is -3.16. The standard InChI is InChI=1S/C15H15N5O3/c1-9(10-4-3-5-16-14(10)23-2)19-13-6-12-11(15(21)22)7-18-20(12)8-17-13/h3-9,19H,1-2H3,(H,21,22)/t9-/m1/s1. The Bertz CT molecular complexity index is 861. The molecule has 0 amide bonds. The van der Waals surface area contributed by atoms with Crippen molar-refractivity contribution in [3.05, 3.63) is 48.0 Å². The van der Waals surface area contributed by atoms with Crippen LogP contribution in [0.25, 0.3) is 5.52 Å². The molecular weight excluding hydrogens is 298 g/mol. The number of hydrogen-bond donors (Lipinski definition) is 2. The van der Waals surface area contributed by atoms with Crippen LogP contribution in [0.15, 0.2) is 36.9 Å². The van der Waals surface area contributed by atoms with Crippen molar-refractivity contribution in [3.8, 4) is 5.88 Å². The molecule has 0 aliphatic heterocycles. The van der Waals surface area contributed by atoms with E-state index in [0.29, 0.717) is 17.2 Å². The summed E-state index contributed by atoms with van der Waals surface area (Å²) in [5, 5.41) is 16.3. The lowest BCUT2D eigenvalue weighted by atomic mass is 10.1. The Kier molecular flexibility index (Phi) is 3.80. The van der Waals surface area contributed by atoms with Crippen LogP contribution in [0.3, 0.4) is 0 Å². The van der Waals surface area contributed by atoms with Crippen molar-refractivity contribution < 1.29 is 14.6 Å². The molecule has 3 aromatic heterocycles. The summed E-state index contributed by atoms with van der Waals surface area (Å²) < 4.78 is 6.67. The molecular formula is C15H15N5O3. The predicted molar refractivity (Wildman–Crippen MR) is 82.8 cm³/mol. The summed E-state index contributed by atoms with van der Waals surface area (Å²) in [6.07, 6.45) is 4.43. The van der Waals surface area contributed by atoms with Gasteiger partial charge in [0.1, 0.15) is 17.7 Å². The van der Waals surface area contributed by atoms with Crippen LogP contribution in [0.1, 0.15) is 28.9 Å². The predicted octanol–water partition coefficient (Wildman–Crippen LogP) is 2.00. The fourth-order valence-corrected chi connectivity index (χ4v) is 2.34. The van der Waals surface area contributed by atoms with Crippen LogP contribution < -0.4 is 10.1 Å². The summed E-state index contributed by atoms with van der Waals surface area (Å²) in [7, 11) is 1.56. The third-order valence-corrected chi connectivity index (χ3v) is 3.47. The monoisotopic (exact) mass is 313 g/mol. The first-order valence-electron chi connectivity index (χ1n) is 6.92. The van der Waals surface area contributed by atoms with Gasteiger partial charge in [-0.3, -0.25) is 0 Å². The molecule has 3 aromatic rings. The third kappa shape index (κ3) is 2.78. The van der Waals surface area contributed by atoms with E-state index in [1.54, 1.807) is 19.4 Å². The SMILES string of the molecule is COc1ncccc1[C@@H](C)Nc1cc2c(C(=O)O)cnn2cn1. The number of nitrogens with one attached hydrogen (secondary N) is 1. The number of hydrogen-bond acceptors (Lipinski definition) is 6. The van der Waals surface area contributed by atoms with E-state index in [1.807, 2.05) is 19.1 Å². The van der Waals surface area contributed by atoms with E-state index in [-0.39, 0.29) is 11.6 Å². The van der Waals surface area contributed by atoms with Gasteiger partial charge in [-0.05, 0) is 13.0 Å². The Morgan fingerprint density at radius 1 is 1.43 bits per heavy atom. The topological polar surface area (TPSA) is 102 Å². The molecule has 0 radical (unpaired) electrons. The molecule has 0 aliphatic carbocycles. The van der Waals surface area contributed by atoms with E-state index in [1.165, 1.54) is 17.0 Å². The summed E-state index contributed by atoms with van der Waals surface area (Å²) in [6, 6.07) is 5.26. The number of carboxylic acids is 1. The van der Waals surface area contributed by atoms with Gasteiger partial charge in [-0.25, -0.2) is 19.3 Å². The van der Waals surface area contributed by atoms with Gasteiger partial charge in [-0.15, -0.1) is 0 Å². The molecule has 0 unspecified atom stereocenters. The second kappa shape index (κ2) is 5.91. The van der Waals surface area contributed by atoms with Gasteiger partial charge in [0.25, 0.3) is 0 Å². The molecule has 1 atom stereocenters. The molecule has 2 N–H and O–H groups in total. The van der Waals surface area contributed by atoms with Gasteiger partial charge < -0.3 is 15.2 Å². The molecule has 0 spiro atoms. The number of fused-ring (bicyclic) bond motifs is 1. The van der Waals surface area contributed by atoms with Crippen molar-refractivity contribution in [2.75, 3.05) is 12.4 Å². The van der Waals surface area contributed by atoms with E-state index in [2.05, 4.69) is 20.4 Å². The minimum atomic E-state index is -1.03. The molecule has 0 aromatic carbocycles. The average Bonchev–Trinajstić information content (AvgIpc) is 2.98. The first-order chi connectivity index (χ1) is 11.1. The molecule has 0 fully saturated rings. The van der Waals surface area contributed by atoms with Crippen molar-refractivity contribution in [1.82, 2.24) is 19.6 Å². The highest BCUT2D eigenvalue weighted by Crippen LogP contribution is 2.25. The first kappa shape index (κ1) is 14.8. The molecule has 0 saturated heterocycles. The molecule has 8 nitrogen and oxygen atoms in total. The van der Waals surface area contributed by atoms with Crippen molar-refractivity contribution in [1.29, 1.82) is 0 Å². The number of aromatic nitrogens is 4. The third-order valence-electron chi connectivity index (χ3n) is 3.47. The lowest BCUT2D eigenvalue weighted by Gasteiger charge is -2.16. The van der Waals surface area contributed by atoms with Gasteiger partial charge in [0, 0.05) is 17.8 Å². The smallest absolute Gasteiger partial charge is 0.339 e. The maximum absolute atomic E-state index is 11.2. The van der Waals surface area contributed by atoms with E-state index in [9.17, 15) is 9.90 Å². The number of ether oxygens (including phenoxy) is 1. The Balaban J connectivity index is 1.91. The van der Waals surface area contributed by atoms with Gasteiger partial charge in [0.2, 0.25) is 5.88 Å². The molecule has 0 aliphatic rings. The van der Waals surface area contributed by atoms with E-state index in [4.69, 9.17) is 4.74 Å². The minimum Gasteiger partial charge on any atom is -0.481 e. The van der Waals surface area contributed by atoms with Gasteiger partial charge in [-0.1, -0.05) is 6.07 Å². The Labute approximate surface area is 131 Å². The van der Waals surface area contributed by atoms with Crippen LogP contribution in [-0.2, 0) is 0 Å². The summed E-state index contributed by atoms with van der Waals surface area (Å²) in [6.45, 7) is 1.94. The Morgan fingerprint density at radius 2 is 2.26 bits per heavy atom. The molecule has 8 heteroatoms. The van der Waals surface area contributed by atoms with E-state index >= 15 is 0 Å². The summed E-state index contributed by atoms with van der Waals surface area (Å²) in [5.74, 6) is 0.0437. The number of pyridine rings is 1. The maximum atomic E-state index is 11.2. The van der Waals surface area contributed by atoms with Crippen molar-refractivity contribution in [2.24, 2.45) is 0 Å². The largest absolute Gasteiger partial charge is 0.481 e. The summed E-state index contributed by atoms with van der Waals surface area (Å²) >= 11 is 0. The zero-order valence-electron chi connectivity index (χ0n) is 12.6. The lowest BCUT2D eigenvalue weighted by Crippen LogP contribution is -2.10. The second-order valence-electron chi connectivity index (χ2n) is 4.94. The molecule has 118 valence electrons. The number of anilines is 1. The van der Waals surface area contributed by atoms with Crippen LogP contribution in [0.4, 0.5) is 5.82 Å². The molecule has 3 rings (SSSR count). The van der Waals surface area contributed by atoms with Gasteiger partial charge in [0.05, 0.1) is 24.9 Å². The summed E-state index contributed by atoms with van der Waals surface area (Å²) in [4.78, 5) is 19.6. The normalized spacial score (nSPS) is 12.1. The van der Waals surface area contributed by atoms with Gasteiger partial charge >= 0.3 is 5.97 Å². The fraction of sp³-hybridized carbons (Fsp3) is 0.200. The molecule has 3 heterocycles. The first-order valence-corrected chi connectivity index (χ1v) is 6.92. The fourth-order valence-electron chi connectivity index (χ4n) is 2.34. The quantitative estimate of drug-likeness (QED) is 0.742. The van der Waals surface area contributed by atoms with Crippen LogP contribution in [0.2, 0.25) is 0 Å². The van der Waals surface area contributed by atoms with Crippen LogP contribution in [-0.4, -0.2) is 37.8 Å². The van der Waals surface area contributed by atoms with Gasteiger partial charge in [-0.2, -0.15) is 5.10 Å². The Morgan fingerprint density at radius 3 is 3.00 bits per heavy atom. The highest BCUT2D eigenvalue weighted by atomic mass is 16.5. The number of nitrogens with zero attached hydrogens (tertiary/aromatic N) is 4. The number of aromatic carboxylic acids is 1. The lowest BCUT2D eigenvalue weighted by molar-refractivity contribution is 0.0699. The van der Waals surface area contributed by atoms with Gasteiger partial charge in [0.15, 0.2) is 0 Å².